The van der Waals surface area contributed by atoms with Crippen LogP contribution in [-0.4, -0.2) is 180 Å². The quantitative estimate of drug-likeness (QED) is 0.0525. The molecule has 0 radical (unpaired) electrons. The van der Waals surface area contributed by atoms with Gasteiger partial charge in [-0.25, -0.2) is 0 Å². The van der Waals surface area contributed by atoms with Gasteiger partial charge < -0.3 is 55.4 Å². The number of nitrogens with one attached hydrogen (secondary N) is 4. The van der Waals surface area contributed by atoms with E-state index in [0.29, 0.717) is 12.8 Å². The number of hydrogen-bond acceptors (Lipinski definition) is 13. The minimum Gasteiger partial charge on any atom is -0.465 e. The lowest BCUT2D eigenvalue weighted by molar-refractivity contribution is -0.164. The Morgan fingerprint density at radius 2 is 0.971 bits per heavy atom. The van der Waals surface area contributed by atoms with E-state index < -0.39 is 119 Å². The van der Waals surface area contributed by atoms with E-state index in [-0.39, 0.29) is 50.2 Å². The molecule has 0 bridgehead atoms. The molecule has 8 amide bonds. The third-order valence-electron chi connectivity index (χ3n) is 11.6. The van der Waals surface area contributed by atoms with Gasteiger partial charge in [-0.3, -0.25) is 47.9 Å². The zero-order valence-corrected chi connectivity index (χ0v) is 44.6. The number of likely N-dealkylation sites (N-methyl/N-ethyl adjacent to an activating group) is 5. The molecular formula is C48H86N8O13. The minimum atomic E-state index is -1.61. The zero-order valence-electron chi connectivity index (χ0n) is 44.6. The number of carbonyl (C=O) groups excluding carboxylic acids is 10. The fourth-order valence-electron chi connectivity index (χ4n) is 7.57. The summed E-state index contributed by atoms with van der Waals surface area (Å²) in [5.74, 6) is -9.34. The van der Waals surface area contributed by atoms with E-state index in [4.69, 9.17) is 9.47 Å². The number of nitrogens with zero attached hydrogens (tertiary/aromatic N) is 4. The van der Waals surface area contributed by atoms with Crippen molar-refractivity contribution in [2.24, 2.45) is 23.7 Å². The molecule has 0 saturated carbocycles. The van der Waals surface area contributed by atoms with Gasteiger partial charge in [-0.2, -0.15) is 0 Å². The summed E-state index contributed by atoms with van der Waals surface area (Å²) < 4.78 is 10.3. The van der Waals surface area contributed by atoms with Crippen LogP contribution in [0, 0.1) is 23.7 Å². The largest absolute Gasteiger partial charge is 0.465 e. The summed E-state index contributed by atoms with van der Waals surface area (Å²) in [5, 5.41) is 21.6. The van der Waals surface area contributed by atoms with Gasteiger partial charge >= 0.3 is 11.9 Å². The monoisotopic (exact) mass is 983 g/mol. The van der Waals surface area contributed by atoms with Crippen molar-refractivity contribution in [3.8, 4) is 0 Å². The lowest BCUT2D eigenvalue weighted by atomic mass is 9.93. The van der Waals surface area contributed by atoms with E-state index in [9.17, 15) is 53.1 Å². The molecule has 5 N–H and O–H groups in total. The summed E-state index contributed by atoms with van der Waals surface area (Å²) in [6, 6.07) is -8.43. The normalized spacial score (nSPS) is 14.6. The fourth-order valence-corrected chi connectivity index (χ4v) is 7.57. The maximum atomic E-state index is 14.6. The molecule has 0 heterocycles. The third-order valence-corrected chi connectivity index (χ3v) is 11.6. The molecule has 21 heteroatoms. The Morgan fingerprint density at radius 1 is 0.536 bits per heavy atom. The first kappa shape index (κ1) is 63.7. The van der Waals surface area contributed by atoms with Crippen LogP contribution in [0.2, 0.25) is 0 Å². The highest BCUT2D eigenvalue weighted by Crippen LogP contribution is 2.23. The van der Waals surface area contributed by atoms with Crippen molar-refractivity contribution in [2.75, 3.05) is 48.5 Å². The van der Waals surface area contributed by atoms with Crippen molar-refractivity contribution < 1.29 is 62.5 Å². The molecule has 0 aromatic carbocycles. The predicted molar refractivity (Wildman–Crippen MR) is 258 cm³/mol. The third kappa shape index (κ3) is 20.3. The summed E-state index contributed by atoms with van der Waals surface area (Å²) in [6.07, 6.45) is 0.0523. The van der Waals surface area contributed by atoms with Gasteiger partial charge in [-0.15, -0.1) is 0 Å². The van der Waals surface area contributed by atoms with Crippen molar-refractivity contribution >= 4 is 59.2 Å². The van der Waals surface area contributed by atoms with Crippen molar-refractivity contribution in [2.45, 2.75) is 176 Å². The van der Waals surface area contributed by atoms with Crippen molar-refractivity contribution in [3.63, 3.8) is 0 Å². The van der Waals surface area contributed by atoms with Gasteiger partial charge in [0.15, 0.2) is 5.92 Å². The highest BCUT2D eigenvalue weighted by Gasteiger charge is 2.43. The second kappa shape index (κ2) is 29.6. The lowest BCUT2D eigenvalue weighted by Crippen LogP contribution is -2.61. The van der Waals surface area contributed by atoms with Crippen LogP contribution < -0.4 is 21.3 Å². The maximum Gasteiger partial charge on any atom is 0.320 e. The van der Waals surface area contributed by atoms with Crippen LogP contribution in [0.25, 0.3) is 0 Å². The highest BCUT2D eigenvalue weighted by atomic mass is 16.6. The van der Waals surface area contributed by atoms with Gasteiger partial charge in [0.25, 0.3) is 0 Å². The molecule has 21 nitrogen and oxygen atoms in total. The Hall–Kier alpha value is -5.34. The average Bonchev–Trinajstić information content (AvgIpc) is 3.26. The first-order valence-electron chi connectivity index (χ1n) is 24.1. The molecule has 0 aliphatic rings. The second-order valence-corrected chi connectivity index (χ2v) is 19.5. The summed E-state index contributed by atoms with van der Waals surface area (Å²) in [6.45, 7) is 21.2. The standard InChI is InChI=1S/C48H86N8O13/c1-19-22-37(57)53(15)35(25-32(46(65)68-20-2)47(66)69-21-3)44(63)56(18)36(26-48(12,13)67)42(61)52-38(29(8)9)45(64)55(17)34(24-28(6)7)41(60)50-30(10)39(58)51-31(11)43(62)54(16)33(23-27(4)5)40(59)49-14/h27-36,38,67H,19-26H2,1-18H3,(H,49,59)(H,50,60)(H,51,58)(H,52,61)/t30-,31+,33+,34+,35-,36+,38+/m1/s1. The Balaban J connectivity index is 6.81. The topological polar surface area (TPSA) is 270 Å². The molecule has 69 heavy (non-hydrogen) atoms. The van der Waals surface area contributed by atoms with Crippen LogP contribution in [0.1, 0.15) is 129 Å². The van der Waals surface area contributed by atoms with Crippen LogP contribution in [0.3, 0.4) is 0 Å². The van der Waals surface area contributed by atoms with E-state index in [2.05, 4.69) is 21.3 Å². The van der Waals surface area contributed by atoms with Crippen LogP contribution in [-0.2, 0) is 57.4 Å². The molecule has 0 rings (SSSR count). The smallest absolute Gasteiger partial charge is 0.320 e. The Labute approximate surface area is 410 Å². The van der Waals surface area contributed by atoms with Gasteiger partial charge in [0.1, 0.15) is 42.3 Å². The molecular weight excluding hydrogens is 897 g/mol. The Morgan fingerprint density at radius 3 is 1.39 bits per heavy atom. The maximum absolute atomic E-state index is 14.6. The van der Waals surface area contributed by atoms with Gasteiger partial charge in [0.05, 0.1) is 18.8 Å². The fraction of sp³-hybridized carbons (Fsp3) is 0.792. The molecule has 0 saturated heterocycles. The molecule has 396 valence electrons. The molecule has 0 spiro atoms. The van der Waals surface area contributed by atoms with E-state index in [0.717, 1.165) is 9.80 Å². The zero-order chi connectivity index (χ0) is 53.8. The molecule has 0 aromatic heterocycles. The number of ether oxygens (including phenoxy) is 2. The molecule has 0 fully saturated rings. The van der Waals surface area contributed by atoms with Gasteiger partial charge in [-0.1, -0.05) is 48.5 Å². The first-order chi connectivity index (χ1) is 31.8. The lowest BCUT2D eigenvalue weighted by Gasteiger charge is -2.38. The van der Waals surface area contributed by atoms with E-state index in [1.807, 2.05) is 27.7 Å². The second-order valence-electron chi connectivity index (χ2n) is 19.5. The molecule has 0 aliphatic heterocycles. The average molecular weight is 983 g/mol. The minimum absolute atomic E-state index is 0.0211. The number of rotatable bonds is 29. The van der Waals surface area contributed by atoms with Crippen LogP contribution in [0.4, 0.5) is 0 Å². The Kier molecular flexibility index (Phi) is 27.3. The van der Waals surface area contributed by atoms with E-state index in [1.165, 1.54) is 86.6 Å². The summed E-state index contributed by atoms with van der Waals surface area (Å²) in [7, 11) is 6.95. The SMILES string of the molecule is CCCC(=O)N(C)[C@H](CC(C(=O)OCC)C(=O)OCC)C(=O)N(C)[C@@H](CC(C)(C)O)C(=O)N[C@H](C(=O)N(C)[C@@H](CC(C)C)C(=O)N[C@H](C)C(=O)N[C@@H](C)C(=O)N(C)[C@@H](CC(C)C)C(=O)NC)C(C)C. The number of aliphatic hydroxyl groups is 1. The first-order valence-corrected chi connectivity index (χ1v) is 24.1. The molecule has 0 unspecified atom stereocenters. The number of esters is 2. The van der Waals surface area contributed by atoms with Crippen LogP contribution >= 0.6 is 0 Å². The number of carbonyl (C=O) groups is 10. The highest BCUT2D eigenvalue weighted by molar-refractivity contribution is 5.99. The van der Waals surface area contributed by atoms with Gasteiger partial charge in [0, 0.05) is 54.5 Å². The number of hydrogen-bond donors (Lipinski definition) is 5. The van der Waals surface area contributed by atoms with Crippen LogP contribution in [0.5, 0.6) is 0 Å². The van der Waals surface area contributed by atoms with Crippen LogP contribution in [0.15, 0.2) is 0 Å². The van der Waals surface area contributed by atoms with Gasteiger partial charge in [0.2, 0.25) is 47.3 Å². The van der Waals surface area contributed by atoms with E-state index >= 15 is 0 Å². The van der Waals surface area contributed by atoms with Crippen molar-refractivity contribution in [1.82, 2.24) is 40.9 Å². The summed E-state index contributed by atoms with van der Waals surface area (Å²) in [5.41, 5.74) is -1.57. The molecule has 0 aromatic rings. The van der Waals surface area contributed by atoms with Crippen molar-refractivity contribution in [3.05, 3.63) is 0 Å². The predicted octanol–water partition coefficient (Wildman–Crippen LogP) is 1.38. The summed E-state index contributed by atoms with van der Waals surface area (Å²) in [4.78, 5) is 141. The van der Waals surface area contributed by atoms with Gasteiger partial charge in [-0.05, 0) is 78.6 Å². The van der Waals surface area contributed by atoms with Crippen molar-refractivity contribution in [1.29, 1.82) is 0 Å². The van der Waals surface area contributed by atoms with E-state index in [1.54, 1.807) is 20.8 Å². The molecule has 7 atom stereocenters. The summed E-state index contributed by atoms with van der Waals surface area (Å²) >= 11 is 0. The molecule has 0 aliphatic carbocycles. The number of amides is 8. The Bertz CT molecular complexity index is 1750.